The van der Waals surface area contributed by atoms with Crippen LogP contribution in [0.3, 0.4) is 0 Å². The molecule has 1 heterocycles. The van der Waals surface area contributed by atoms with Crippen LogP contribution in [0.1, 0.15) is 23.7 Å². The largest absolute Gasteiger partial charge is 0.493 e. The number of rotatable bonds is 6. The van der Waals surface area contributed by atoms with Crippen molar-refractivity contribution < 1.29 is 27.6 Å². The summed E-state index contributed by atoms with van der Waals surface area (Å²) in [5.41, 5.74) is 5.89. The number of benzene rings is 1. The van der Waals surface area contributed by atoms with Crippen molar-refractivity contribution >= 4 is 29.2 Å². The van der Waals surface area contributed by atoms with Gasteiger partial charge in [0.15, 0.2) is 6.17 Å². The Morgan fingerprint density at radius 2 is 2.04 bits per heavy atom. The van der Waals surface area contributed by atoms with E-state index < -0.39 is 30.3 Å². The molecule has 11 heteroatoms. The summed E-state index contributed by atoms with van der Waals surface area (Å²) in [6, 6.07) is 3.42. The van der Waals surface area contributed by atoms with E-state index in [-0.39, 0.29) is 22.8 Å². The number of alkyl halides is 3. The maximum absolute atomic E-state index is 13.0. The molecule has 1 aromatic carbocycles. The van der Waals surface area contributed by atoms with Gasteiger partial charge in [0.05, 0.1) is 16.3 Å². The third-order valence-corrected chi connectivity index (χ3v) is 4.47. The number of nitrogens with two attached hydrogens (primary N) is 1. The molecule has 2 atom stereocenters. The van der Waals surface area contributed by atoms with E-state index in [9.17, 15) is 22.8 Å². The molecule has 1 aliphatic rings. The van der Waals surface area contributed by atoms with Gasteiger partial charge in [0.25, 0.3) is 5.91 Å². The standard InChI is InChI=1S/C17H22ClF3N4O3/c1-10(22)14-24(9-5-8-23(2)3)15(26)13-11(18)6-4-7-12(13)25(14)28-16(27)17(19,20)21/h4,6-7,10,14H,5,8-9,22H2,1-3H3. The number of nitrogens with zero attached hydrogens (tertiary/aromatic N) is 3. The zero-order chi connectivity index (χ0) is 21.2. The van der Waals surface area contributed by atoms with Crippen molar-refractivity contribution in [3.8, 4) is 0 Å². The lowest BCUT2D eigenvalue weighted by molar-refractivity contribution is -0.203. The molecule has 2 N–H and O–H groups in total. The number of carbonyl (C=O) groups is 2. The van der Waals surface area contributed by atoms with Crippen LogP contribution >= 0.6 is 11.6 Å². The molecule has 0 bridgehead atoms. The number of hydrogen-bond donors (Lipinski definition) is 1. The first-order valence-corrected chi connectivity index (χ1v) is 8.91. The molecule has 0 fully saturated rings. The summed E-state index contributed by atoms with van der Waals surface area (Å²) in [6.07, 6.45) is -5.80. The molecule has 0 saturated heterocycles. The van der Waals surface area contributed by atoms with Crippen LogP contribution in [0.5, 0.6) is 0 Å². The fourth-order valence-corrected chi connectivity index (χ4v) is 3.22. The maximum Gasteiger partial charge on any atom is 0.493 e. The second-order valence-electron chi connectivity index (χ2n) is 6.76. The van der Waals surface area contributed by atoms with Crippen LogP contribution in [0, 0.1) is 0 Å². The van der Waals surface area contributed by atoms with Gasteiger partial charge in [-0.15, -0.1) is 0 Å². The summed E-state index contributed by atoms with van der Waals surface area (Å²) in [5, 5.41) is 0.773. The lowest BCUT2D eigenvalue weighted by atomic mass is 10.0. The van der Waals surface area contributed by atoms with Crippen molar-refractivity contribution in [2.24, 2.45) is 5.73 Å². The number of hydroxylamine groups is 1. The van der Waals surface area contributed by atoms with Crippen LogP contribution in [0.2, 0.25) is 5.02 Å². The van der Waals surface area contributed by atoms with E-state index >= 15 is 0 Å². The molecule has 0 aromatic heterocycles. The average molecular weight is 423 g/mol. The predicted octanol–water partition coefficient (Wildman–Crippen LogP) is 2.25. The minimum Gasteiger partial charge on any atom is -0.330 e. The summed E-state index contributed by atoms with van der Waals surface area (Å²) >= 11 is 6.13. The van der Waals surface area contributed by atoms with Crippen LogP contribution in [0.15, 0.2) is 18.2 Å². The van der Waals surface area contributed by atoms with E-state index in [0.29, 0.717) is 13.0 Å². The fourth-order valence-electron chi connectivity index (χ4n) is 2.97. The zero-order valence-electron chi connectivity index (χ0n) is 15.7. The monoisotopic (exact) mass is 422 g/mol. The molecule has 0 saturated carbocycles. The Balaban J connectivity index is 2.50. The van der Waals surface area contributed by atoms with Gasteiger partial charge in [-0.1, -0.05) is 17.7 Å². The van der Waals surface area contributed by atoms with Crippen LogP contribution < -0.4 is 10.8 Å². The molecule has 28 heavy (non-hydrogen) atoms. The van der Waals surface area contributed by atoms with Crippen molar-refractivity contribution in [3.63, 3.8) is 0 Å². The van der Waals surface area contributed by atoms with E-state index in [4.69, 9.17) is 17.3 Å². The Bertz CT molecular complexity index is 743. The Kier molecular flexibility index (Phi) is 6.79. The number of hydrogen-bond acceptors (Lipinski definition) is 6. The molecule has 1 aliphatic heterocycles. The number of amides is 1. The van der Waals surface area contributed by atoms with Gasteiger partial charge in [-0.2, -0.15) is 18.2 Å². The van der Waals surface area contributed by atoms with Gasteiger partial charge in [-0.05, 0) is 46.1 Å². The zero-order valence-corrected chi connectivity index (χ0v) is 16.4. The number of carbonyl (C=O) groups excluding carboxylic acids is 2. The van der Waals surface area contributed by atoms with E-state index in [1.165, 1.54) is 30.0 Å². The van der Waals surface area contributed by atoms with Crippen LogP contribution in [-0.4, -0.2) is 67.2 Å². The molecule has 1 amide bonds. The fraction of sp³-hybridized carbons (Fsp3) is 0.529. The summed E-state index contributed by atoms with van der Waals surface area (Å²) in [6.45, 7) is 2.34. The summed E-state index contributed by atoms with van der Waals surface area (Å²) in [7, 11) is 3.70. The van der Waals surface area contributed by atoms with Gasteiger partial charge in [-0.25, -0.2) is 4.79 Å². The van der Waals surface area contributed by atoms with Gasteiger partial charge in [0.1, 0.15) is 0 Å². The second kappa shape index (κ2) is 8.54. The summed E-state index contributed by atoms with van der Waals surface area (Å²) in [4.78, 5) is 32.4. The molecule has 0 radical (unpaired) electrons. The molecule has 0 spiro atoms. The first kappa shape index (κ1) is 22.3. The Morgan fingerprint density at radius 1 is 1.39 bits per heavy atom. The van der Waals surface area contributed by atoms with Crippen molar-refractivity contribution in [1.82, 2.24) is 9.80 Å². The molecule has 156 valence electrons. The van der Waals surface area contributed by atoms with E-state index in [2.05, 4.69) is 4.84 Å². The Labute approximate surface area is 165 Å². The smallest absolute Gasteiger partial charge is 0.330 e. The van der Waals surface area contributed by atoms with Crippen LogP contribution in [-0.2, 0) is 9.63 Å². The SMILES string of the molecule is CC(N)C1N(CCCN(C)C)C(=O)c2c(Cl)cccc2N1OC(=O)C(F)(F)F. The van der Waals surface area contributed by atoms with Gasteiger partial charge < -0.3 is 20.4 Å². The lowest BCUT2D eigenvalue weighted by Gasteiger charge is -2.45. The normalized spacial score (nSPS) is 18.3. The molecular weight excluding hydrogens is 401 g/mol. The Morgan fingerprint density at radius 3 is 2.57 bits per heavy atom. The highest BCUT2D eigenvalue weighted by Gasteiger charge is 2.48. The van der Waals surface area contributed by atoms with Gasteiger partial charge in [0.2, 0.25) is 0 Å². The molecule has 0 aliphatic carbocycles. The highest BCUT2D eigenvalue weighted by atomic mass is 35.5. The third kappa shape index (κ3) is 4.68. The highest BCUT2D eigenvalue weighted by Crippen LogP contribution is 2.37. The highest BCUT2D eigenvalue weighted by molar-refractivity contribution is 6.34. The van der Waals surface area contributed by atoms with Crippen molar-refractivity contribution in [1.29, 1.82) is 0 Å². The van der Waals surface area contributed by atoms with E-state index in [1.807, 2.05) is 19.0 Å². The first-order chi connectivity index (χ1) is 12.9. The van der Waals surface area contributed by atoms with Crippen molar-refractivity contribution in [2.45, 2.75) is 31.7 Å². The minimum atomic E-state index is -5.21. The Hall–Kier alpha value is -2.04. The number of halogens is 4. The van der Waals surface area contributed by atoms with Crippen molar-refractivity contribution in [3.05, 3.63) is 28.8 Å². The summed E-state index contributed by atoms with van der Waals surface area (Å²) < 4.78 is 38.4. The second-order valence-corrected chi connectivity index (χ2v) is 7.17. The topological polar surface area (TPSA) is 79.1 Å². The molecule has 2 unspecified atom stereocenters. The van der Waals surface area contributed by atoms with Crippen LogP contribution in [0.25, 0.3) is 0 Å². The van der Waals surface area contributed by atoms with E-state index in [1.54, 1.807) is 0 Å². The van der Waals surface area contributed by atoms with E-state index in [0.717, 1.165) is 5.06 Å². The predicted molar refractivity (Wildman–Crippen MR) is 97.7 cm³/mol. The quantitative estimate of drug-likeness (QED) is 0.757. The van der Waals surface area contributed by atoms with Gasteiger partial charge in [0, 0.05) is 12.6 Å². The lowest BCUT2D eigenvalue weighted by Crippen LogP contribution is -2.63. The minimum absolute atomic E-state index is 0.0382. The molecule has 7 nitrogen and oxygen atoms in total. The van der Waals surface area contributed by atoms with Gasteiger partial charge >= 0.3 is 12.1 Å². The molecular formula is C17H22ClF3N4O3. The number of fused-ring (bicyclic) bond motifs is 1. The molecule has 1 aromatic rings. The number of anilines is 1. The first-order valence-electron chi connectivity index (χ1n) is 8.53. The average Bonchev–Trinajstić information content (AvgIpc) is 2.56. The van der Waals surface area contributed by atoms with Crippen LogP contribution in [0.4, 0.5) is 18.9 Å². The summed E-state index contributed by atoms with van der Waals surface area (Å²) in [5.74, 6) is -2.90. The van der Waals surface area contributed by atoms with Gasteiger partial charge in [-0.3, -0.25) is 4.79 Å². The third-order valence-electron chi connectivity index (χ3n) is 4.15. The maximum atomic E-state index is 13.0. The molecule has 2 rings (SSSR count). The van der Waals surface area contributed by atoms with Crippen molar-refractivity contribution in [2.75, 3.05) is 32.2 Å².